The van der Waals surface area contributed by atoms with Gasteiger partial charge in [0.15, 0.2) is 0 Å². The number of carboxylic acid groups (broad SMARTS) is 1. The number of benzene rings is 1. The summed E-state index contributed by atoms with van der Waals surface area (Å²) in [5, 5.41) is 27.1. The molecule has 1 aromatic carbocycles. The lowest BCUT2D eigenvalue weighted by molar-refractivity contribution is -0.142. The van der Waals surface area contributed by atoms with Crippen molar-refractivity contribution in [2.24, 2.45) is 11.7 Å². The van der Waals surface area contributed by atoms with Crippen molar-refractivity contribution in [1.82, 2.24) is 25.9 Å². The van der Waals surface area contributed by atoms with E-state index in [1.165, 1.54) is 30.2 Å². The van der Waals surface area contributed by atoms with Crippen molar-refractivity contribution in [3.05, 3.63) is 48.0 Å². The predicted octanol–water partition coefficient (Wildman–Crippen LogP) is 0.566. The minimum Gasteiger partial charge on any atom is -0.508 e. The number of aromatic amines is 1. The number of aliphatic carboxylic acids is 1. The Morgan fingerprint density at radius 3 is 2.15 bits per heavy atom. The monoisotopic (exact) mass is 562 g/mol. The Labute approximate surface area is 231 Å². The van der Waals surface area contributed by atoms with Crippen LogP contribution < -0.4 is 21.7 Å². The summed E-state index contributed by atoms with van der Waals surface area (Å²) in [6.45, 7) is 3.78. The Kier molecular flexibility index (Phi) is 12.8. The lowest BCUT2D eigenvalue weighted by Crippen LogP contribution is -2.58. The van der Waals surface area contributed by atoms with E-state index in [1.807, 2.05) is 20.1 Å². The molecule has 8 N–H and O–H groups in total. The molecule has 0 bridgehead atoms. The van der Waals surface area contributed by atoms with Crippen LogP contribution in [0.4, 0.5) is 0 Å². The first-order valence-electron chi connectivity index (χ1n) is 12.6. The Bertz CT molecular complexity index is 1080. The molecule has 12 nitrogen and oxygen atoms in total. The van der Waals surface area contributed by atoms with Gasteiger partial charge in [-0.3, -0.25) is 14.4 Å². The topological polar surface area (TPSA) is 200 Å². The Balaban J connectivity index is 2.20. The highest BCUT2D eigenvalue weighted by molar-refractivity contribution is 7.98. The number of thioether (sulfide) groups is 1. The number of H-pyrrole nitrogens is 1. The maximum absolute atomic E-state index is 13.4. The molecule has 2 aromatic rings. The lowest BCUT2D eigenvalue weighted by Gasteiger charge is -2.26. The SMILES string of the molecule is CSCCC(NC(=O)C(Cc1ccc(O)cc1)NC(=O)C(CC(C)C)NC(=O)C(N)Cc1cnc[nH]1)C(=O)O. The minimum absolute atomic E-state index is 0.0252. The number of hydrogen-bond donors (Lipinski definition) is 7. The van der Waals surface area contributed by atoms with Gasteiger partial charge in [-0.2, -0.15) is 11.8 Å². The maximum atomic E-state index is 13.4. The van der Waals surface area contributed by atoms with E-state index in [1.54, 1.807) is 18.3 Å². The molecule has 0 spiro atoms. The van der Waals surface area contributed by atoms with Crippen LogP contribution in [0.1, 0.15) is 37.9 Å². The van der Waals surface area contributed by atoms with Crippen molar-refractivity contribution in [3.63, 3.8) is 0 Å². The number of aromatic hydroxyl groups is 1. The van der Waals surface area contributed by atoms with E-state index in [0.29, 0.717) is 17.0 Å². The van der Waals surface area contributed by atoms with Crippen molar-refractivity contribution in [3.8, 4) is 5.75 Å². The first-order chi connectivity index (χ1) is 18.5. The zero-order chi connectivity index (χ0) is 28.9. The molecule has 13 heteroatoms. The van der Waals surface area contributed by atoms with Gasteiger partial charge in [0.1, 0.15) is 23.9 Å². The van der Waals surface area contributed by atoms with Crippen molar-refractivity contribution in [2.75, 3.05) is 12.0 Å². The van der Waals surface area contributed by atoms with E-state index in [4.69, 9.17) is 5.73 Å². The highest BCUT2D eigenvalue weighted by atomic mass is 32.2. The van der Waals surface area contributed by atoms with E-state index in [-0.39, 0.29) is 37.4 Å². The first kappa shape index (κ1) is 31.6. The molecular formula is C26H38N6O6S. The van der Waals surface area contributed by atoms with Crippen LogP contribution in [0.5, 0.6) is 5.75 Å². The number of phenols is 1. The van der Waals surface area contributed by atoms with Crippen LogP contribution in [0.3, 0.4) is 0 Å². The molecule has 0 aliphatic rings. The first-order valence-corrected chi connectivity index (χ1v) is 14.0. The average Bonchev–Trinajstić information content (AvgIpc) is 3.39. The normalized spacial score (nSPS) is 14.2. The molecule has 1 heterocycles. The third-order valence-corrected chi connectivity index (χ3v) is 6.55. The smallest absolute Gasteiger partial charge is 0.326 e. The molecule has 39 heavy (non-hydrogen) atoms. The fraction of sp³-hybridized carbons (Fsp3) is 0.500. The van der Waals surface area contributed by atoms with Gasteiger partial charge < -0.3 is 36.9 Å². The van der Waals surface area contributed by atoms with E-state index in [9.17, 15) is 29.4 Å². The van der Waals surface area contributed by atoms with E-state index in [2.05, 4.69) is 25.9 Å². The number of amides is 3. The summed E-state index contributed by atoms with van der Waals surface area (Å²) in [5.41, 5.74) is 7.34. The number of carboxylic acids is 1. The molecule has 0 fully saturated rings. The third kappa shape index (κ3) is 11.0. The van der Waals surface area contributed by atoms with Crippen LogP contribution in [0, 0.1) is 5.92 Å². The zero-order valence-electron chi connectivity index (χ0n) is 22.3. The number of carbonyl (C=O) groups is 4. The summed E-state index contributed by atoms with van der Waals surface area (Å²) in [7, 11) is 0. The second kappa shape index (κ2) is 15.7. The standard InChI is InChI=1S/C26H38N6O6S/c1-15(2)10-21(31-23(34)19(27)12-17-13-28-14-29-17)24(35)32-22(11-16-4-6-18(33)7-5-16)25(36)30-20(26(37)38)8-9-39-3/h4-7,13-15,19-22,33H,8-12,27H2,1-3H3,(H,28,29)(H,30,36)(H,31,34)(H,32,35)(H,37,38). The molecular weight excluding hydrogens is 524 g/mol. The van der Waals surface area contributed by atoms with Gasteiger partial charge in [-0.15, -0.1) is 0 Å². The number of carbonyl (C=O) groups excluding carboxylic acids is 3. The second-order valence-corrected chi connectivity index (χ2v) is 10.7. The van der Waals surface area contributed by atoms with Gasteiger partial charge in [0.05, 0.1) is 12.4 Å². The molecule has 4 atom stereocenters. The van der Waals surface area contributed by atoms with Crippen molar-refractivity contribution in [1.29, 1.82) is 0 Å². The molecule has 214 valence electrons. The zero-order valence-corrected chi connectivity index (χ0v) is 23.2. The number of nitrogens with one attached hydrogen (secondary N) is 4. The summed E-state index contributed by atoms with van der Waals surface area (Å²) in [6, 6.07) is 1.93. The molecule has 0 aliphatic heterocycles. The van der Waals surface area contributed by atoms with Crippen LogP contribution in [-0.4, -0.2) is 80.0 Å². The average molecular weight is 563 g/mol. The molecule has 0 saturated heterocycles. The van der Waals surface area contributed by atoms with Crippen LogP contribution in [0.25, 0.3) is 0 Å². The van der Waals surface area contributed by atoms with Crippen LogP contribution in [0.15, 0.2) is 36.8 Å². The fourth-order valence-corrected chi connectivity index (χ4v) is 4.29. The summed E-state index contributed by atoms with van der Waals surface area (Å²) < 4.78 is 0. The van der Waals surface area contributed by atoms with Gasteiger partial charge in [-0.05, 0) is 48.5 Å². The number of aromatic nitrogens is 2. The van der Waals surface area contributed by atoms with Crippen molar-refractivity contribution >= 4 is 35.5 Å². The summed E-state index contributed by atoms with van der Waals surface area (Å²) in [4.78, 5) is 57.9. The Morgan fingerprint density at radius 2 is 1.59 bits per heavy atom. The molecule has 3 amide bonds. The Morgan fingerprint density at radius 1 is 0.974 bits per heavy atom. The van der Waals surface area contributed by atoms with E-state index < -0.39 is 47.9 Å². The lowest BCUT2D eigenvalue weighted by atomic mass is 10.00. The summed E-state index contributed by atoms with van der Waals surface area (Å²) in [5.74, 6) is -2.39. The predicted molar refractivity (Wildman–Crippen MR) is 148 cm³/mol. The van der Waals surface area contributed by atoms with Crippen LogP contribution in [0.2, 0.25) is 0 Å². The molecule has 4 unspecified atom stereocenters. The van der Waals surface area contributed by atoms with Gasteiger partial charge in [0, 0.05) is 24.7 Å². The number of nitrogens with two attached hydrogens (primary N) is 1. The summed E-state index contributed by atoms with van der Waals surface area (Å²) >= 11 is 1.45. The fourth-order valence-electron chi connectivity index (χ4n) is 3.82. The van der Waals surface area contributed by atoms with Crippen molar-refractivity contribution < 1.29 is 29.4 Å². The largest absolute Gasteiger partial charge is 0.508 e. The number of phenolic OH excluding ortho intramolecular Hbond substituents is 1. The van der Waals surface area contributed by atoms with E-state index in [0.717, 1.165) is 0 Å². The van der Waals surface area contributed by atoms with E-state index >= 15 is 0 Å². The molecule has 1 aromatic heterocycles. The van der Waals surface area contributed by atoms with Crippen molar-refractivity contribution in [2.45, 2.75) is 63.7 Å². The van der Waals surface area contributed by atoms with Gasteiger partial charge >= 0.3 is 5.97 Å². The quantitative estimate of drug-likeness (QED) is 0.153. The van der Waals surface area contributed by atoms with Gasteiger partial charge in [-0.25, -0.2) is 9.78 Å². The van der Waals surface area contributed by atoms with Crippen LogP contribution in [-0.2, 0) is 32.0 Å². The molecule has 0 aliphatic carbocycles. The second-order valence-electron chi connectivity index (χ2n) is 9.69. The molecule has 2 rings (SSSR count). The van der Waals surface area contributed by atoms with Gasteiger partial charge in [0.2, 0.25) is 17.7 Å². The highest BCUT2D eigenvalue weighted by Crippen LogP contribution is 2.13. The summed E-state index contributed by atoms with van der Waals surface area (Å²) in [6.07, 6.45) is 5.59. The Hall–Kier alpha value is -3.58. The molecule has 0 radical (unpaired) electrons. The van der Waals surface area contributed by atoms with Crippen LogP contribution >= 0.6 is 11.8 Å². The van der Waals surface area contributed by atoms with Gasteiger partial charge in [0.25, 0.3) is 0 Å². The van der Waals surface area contributed by atoms with Gasteiger partial charge in [-0.1, -0.05) is 26.0 Å². The minimum atomic E-state index is -1.18. The molecule has 0 saturated carbocycles. The highest BCUT2D eigenvalue weighted by Gasteiger charge is 2.31. The third-order valence-electron chi connectivity index (χ3n) is 5.91. The number of imidazole rings is 1. The maximum Gasteiger partial charge on any atom is 0.326 e. The number of nitrogens with zero attached hydrogens (tertiary/aromatic N) is 1. The number of hydrogen-bond acceptors (Lipinski definition) is 8. The number of rotatable bonds is 16.